The first kappa shape index (κ1) is 14.2. The predicted molar refractivity (Wildman–Crippen MR) is 85.2 cm³/mol. The summed E-state index contributed by atoms with van der Waals surface area (Å²) in [5.41, 5.74) is 0. The average Bonchev–Trinajstić information content (AvgIpc) is 3.07. The summed E-state index contributed by atoms with van der Waals surface area (Å²) in [7, 11) is 1.93. The van der Waals surface area contributed by atoms with Crippen molar-refractivity contribution in [2.45, 2.75) is 25.9 Å². The van der Waals surface area contributed by atoms with Gasteiger partial charge in [-0.15, -0.1) is 11.3 Å². The lowest BCUT2D eigenvalue weighted by molar-refractivity contribution is 0.573. The van der Waals surface area contributed by atoms with Crippen LogP contribution in [0, 0.1) is 5.82 Å². The number of nitrogens with one attached hydrogen (secondary N) is 1. The maximum Gasteiger partial charge on any atom is 0.131 e. The molecule has 0 bridgehead atoms. The van der Waals surface area contributed by atoms with Gasteiger partial charge in [0, 0.05) is 28.5 Å². The molecule has 1 unspecified atom stereocenters. The number of hydrogen-bond donors (Lipinski definition) is 1. The highest BCUT2D eigenvalue weighted by molar-refractivity contribution is 7.19. The Labute approximate surface area is 127 Å². The lowest BCUT2D eigenvalue weighted by Crippen LogP contribution is -2.21. The highest BCUT2D eigenvalue weighted by atomic mass is 32.1. The second kappa shape index (κ2) is 5.95. The molecule has 2 aromatic heterocycles. The quantitative estimate of drug-likeness (QED) is 0.773. The van der Waals surface area contributed by atoms with Crippen LogP contribution < -0.4 is 5.32 Å². The van der Waals surface area contributed by atoms with Crippen LogP contribution in [-0.4, -0.2) is 16.6 Å². The normalized spacial score (nSPS) is 12.9. The van der Waals surface area contributed by atoms with E-state index in [0.29, 0.717) is 0 Å². The molecular weight excluding hydrogens is 285 g/mol. The molecule has 3 aromatic rings. The molecule has 0 amide bonds. The molecule has 5 heteroatoms. The van der Waals surface area contributed by atoms with E-state index in [1.807, 2.05) is 25.5 Å². The largest absolute Gasteiger partial charge is 0.333 e. The van der Waals surface area contributed by atoms with Crippen molar-refractivity contribution < 1.29 is 4.39 Å². The number of imidazole rings is 1. The second-order valence-electron chi connectivity index (χ2n) is 5.03. The van der Waals surface area contributed by atoms with Gasteiger partial charge in [0.15, 0.2) is 0 Å². The van der Waals surface area contributed by atoms with Crippen molar-refractivity contribution in [1.82, 2.24) is 14.9 Å². The Morgan fingerprint density at radius 1 is 1.38 bits per heavy atom. The Morgan fingerprint density at radius 3 is 3.00 bits per heavy atom. The fourth-order valence-electron chi connectivity index (χ4n) is 2.58. The van der Waals surface area contributed by atoms with Crippen LogP contribution in [0.1, 0.15) is 30.1 Å². The van der Waals surface area contributed by atoms with Crippen molar-refractivity contribution in [3.63, 3.8) is 0 Å². The number of nitrogens with zero attached hydrogens (tertiary/aromatic N) is 2. The van der Waals surface area contributed by atoms with Gasteiger partial charge >= 0.3 is 0 Å². The van der Waals surface area contributed by atoms with Crippen LogP contribution in [0.25, 0.3) is 10.1 Å². The molecular formula is C16H18FN3S. The van der Waals surface area contributed by atoms with Gasteiger partial charge in [0.2, 0.25) is 0 Å². The smallest absolute Gasteiger partial charge is 0.131 e. The first-order chi connectivity index (χ1) is 10.2. The van der Waals surface area contributed by atoms with E-state index in [-0.39, 0.29) is 11.9 Å². The molecule has 1 aromatic carbocycles. The van der Waals surface area contributed by atoms with E-state index >= 15 is 0 Å². The Balaban J connectivity index is 2.03. The fraction of sp³-hybridized carbons (Fsp3) is 0.312. The van der Waals surface area contributed by atoms with E-state index in [1.54, 1.807) is 17.4 Å². The maximum atomic E-state index is 13.3. The van der Waals surface area contributed by atoms with Crippen LogP contribution in [0.15, 0.2) is 36.7 Å². The third-order valence-electron chi connectivity index (χ3n) is 3.54. The molecule has 0 aliphatic rings. The minimum atomic E-state index is -0.190. The number of hydrogen-bond acceptors (Lipinski definition) is 3. The zero-order valence-corrected chi connectivity index (χ0v) is 13.0. The fourth-order valence-corrected chi connectivity index (χ4v) is 3.77. The Kier molecular flexibility index (Phi) is 4.03. The molecule has 0 saturated carbocycles. The van der Waals surface area contributed by atoms with E-state index in [0.717, 1.165) is 33.8 Å². The zero-order chi connectivity index (χ0) is 14.8. The summed E-state index contributed by atoms with van der Waals surface area (Å²) in [6.07, 6.45) is 4.91. The first-order valence-electron chi connectivity index (χ1n) is 7.10. The summed E-state index contributed by atoms with van der Waals surface area (Å²) < 4.78 is 16.5. The van der Waals surface area contributed by atoms with Gasteiger partial charge < -0.3 is 9.88 Å². The molecule has 0 aliphatic carbocycles. The Hall–Kier alpha value is -1.72. The molecule has 21 heavy (non-hydrogen) atoms. The molecule has 1 N–H and O–H groups in total. The molecule has 0 aliphatic heterocycles. The standard InChI is InChI=1S/C16H18FN3S/c1-3-7-20-8-6-19-16(20)15(18-2)14-9-11-4-5-12(17)10-13(11)21-14/h4-6,8-10,15,18H,3,7H2,1-2H3. The van der Waals surface area contributed by atoms with Crippen LogP contribution in [0.2, 0.25) is 0 Å². The Bertz CT molecular complexity index is 747. The van der Waals surface area contributed by atoms with Crippen LogP contribution in [-0.2, 0) is 6.54 Å². The van der Waals surface area contributed by atoms with E-state index < -0.39 is 0 Å². The Morgan fingerprint density at radius 2 is 2.24 bits per heavy atom. The van der Waals surface area contributed by atoms with Crippen molar-refractivity contribution in [1.29, 1.82) is 0 Å². The number of rotatable bonds is 5. The van der Waals surface area contributed by atoms with Gasteiger partial charge in [0.05, 0.1) is 0 Å². The molecule has 110 valence electrons. The van der Waals surface area contributed by atoms with Gasteiger partial charge in [-0.25, -0.2) is 9.37 Å². The van der Waals surface area contributed by atoms with Gasteiger partial charge in [-0.1, -0.05) is 13.0 Å². The molecule has 0 saturated heterocycles. The summed E-state index contributed by atoms with van der Waals surface area (Å²) in [6.45, 7) is 3.10. The van der Waals surface area contributed by atoms with E-state index in [9.17, 15) is 4.39 Å². The number of thiophene rings is 1. The summed E-state index contributed by atoms with van der Waals surface area (Å²) in [4.78, 5) is 5.66. The van der Waals surface area contributed by atoms with Crippen LogP contribution in [0.5, 0.6) is 0 Å². The molecule has 0 fully saturated rings. The minimum Gasteiger partial charge on any atom is -0.333 e. The third-order valence-corrected chi connectivity index (χ3v) is 4.71. The average molecular weight is 303 g/mol. The monoisotopic (exact) mass is 303 g/mol. The number of halogens is 1. The van der Waals surface area contributed by atoms with Crippen LogP contribution in [0.4, 0.5) is 4.39 Å². The van der Waals surface area contributed by atoms with Gasteiger partial charge in [-0.2, -0.15) is 0 Å². The highest BCUT2D eigenvalue weighted by Gasteiger charge is 2.19. The minimum absolute atomic E-state index is 0.0343. The van der Waals surface area contributed by atoms with Crippen molar-refractivity contribution >= 4 is 21.4 Å². The van der Waals surface area contributed by atoms with Crippen molar-refractivity contribution in [3.05, 3.63) is 53.2 Å². The SMILES string of the molecule is CCCn1ccnc1C(NC)c1cc2ccc(F)cc2s1. The van der Waals surface area contributed by atoms with E-state index in [1.165, 1.54) is 6.07 Å². The molecule has 3 rings (SSSR count). The molecule has 3 nitrogen and oxygen atoms in total. The predicted octanol–water partition coefficient (Wildman–Crippen LogP) is 3.96. The van der Waals surface area contributed by atoms with Gasteiger partial charge in [0.25, 0.3) is 0 Å². The molecule has 0 spiro atoms. The summed E-state index contributed by atoms with van der Waals surface area (Å²) in [5, 5.41) is 4.40. The van der Waals surface area contributed by atoms with Crippen LogP contribution >= 0.6 is 11.3 Å². The first-order valence-corrected chi connectivity index (χ1v) is 7.92. The van der Waals surface area contributed by atoms with Gasteiger partial charge in [-0.05, 0) is 37.1 Å². The molecule has 1 atom stereocenters. The number of aromatic nitrogens is 2. The molecule has 2 heterocycles. The van der Waals surface area contributed by atoms with Crippen LogP contribution in [0.3, 0.4) is 0 Å². The lowest BCUT2D eigenvalue weighted by Gasteiger charge is -2.16. The lowest BCUT2D eigenvalue weighted by atomic mass is 10.2. The van der Waals surface area contributed by atoms with E-state index in [4.69, 9.17) is 0 Å². The third kappa shape index (κ3) is 2.71. The summed E-state index contributed by atoms with van der Waals surface area (Å²) >= 11 is 1.61. The van der Waals surface area contributed by atoms with Crippen molar-refractivity contribution in [2.24, 2.45) is 0 Å². The summed E-state index contributed by atoms with van der Waals surface area (Å²) in [6, 6.07) is 7.08. The van der Waals surface area contributed by atoms with Gasteiger partial charge in [-0.3, -0.25) is 0 Å². The highest BCUT2D eigenvalue weighted by Crippen LogP contribution is 2.33. The van der Waals surface area contributed by atoms with Crippen molar-refractivity contribution in [2.75, 3.05) is 7.05 Å². The number of aryl methyl sites for hydroxylation is 1. The number of benzene rings is 1. The maximum absolute atomic E-state index is 13.3. The van der Waals surface area contributed by atoms with E-state index in [2.05, 4.69) is 27.9 Å². The van der Waals surface area contributed by atoms with Gasteiger partial charge in [0.1, 0.15) is 17.7 Å². The summed E-state index contributed by atoms with van der Waals surface area (Å²) in [5.74, 6) is 0.816. The zero-order valence-electron chi connectivity index (χ0n) is 12.1. The molecule has 0 radical (unpaired) electrons. The second-order valence-corrected chi connectivity index (χ2v) is 6.15. The number of fused-ring (bicyclic) bond motifs is 1. The van der Waals surface area contributed by atoms with Crippen molar-refractivity contribution in [3.8, 4) is 0 Å². The topological polar surface area (TPSA) is 29.9 Å².